The Labute approximate surface area is 170 Å². The van der Waals surface area contributed by atoms with Gasteiger partial charge in [0.2, 0.25) is 0 Å². The summed E-state index contributed by atoms with van der Waals surface area (Å²) >= 11 is 6.29. The molecule has 1 saturated heterocycles. The SMILES string of the molecule is CN=C(NCc1nnc2n1CCCCC2)NC1CCN(c2ncccc2Cl)C1. The highest BCUT2D eigenvalue weighted by atomic mass is 35.5. The minimum Gasteiger partial charge on any atom is -0.353 e. The number of nitrogens with zero attached hydrogens (tertiary/aromatic N) is 6. The van der Waals surface area contributed by atoms with E-state index in [0.717, 1.165) is 55.9 Å². The molecular formula is C19H27ClN8. The first-order valence-electron chi connectivity index (χ1n) is 9.98. The van der Waals surface area contributed by atoms with Crippen molar-refractivity contribution in [3.63, 3.8) is 0 Å². The second-order valence-electron chi connectivity index (χ2n) is 7.31. The predicted molar refractivity (Wildman–Crippen MR) is 111 cm³/mol. The quantitative estimate of drug-likeness (QED) is 0.601. The van der Waals surface area contributed by atoms with Gasteiger partial charge in [0.25, 0.3) is 0 Å². The molecule has 2 aliphatic heterocycles. The van der Waals surface area contributed by atoms with Crippen LogP contribution in [0, 0.1) is 0 Å². The fourth-order valence-electron chi connectivity index (χ4n) is 3.91. The van der Waals surface area contributed by atoms with E-state index in [4.69, 9.17) is 11.6 Å². The zero-order chi connectivity index (χ0) is 19.3. The smallest absolute Gasteiger partial charge is 0.191 e. The van der Waals surface area contributed by atoms with Gasteiger partial charge < -0.3 is 20.1 Å². The number of hydrogen-bond acceptors (Lipinski definition) is 5. The number of pyridine rings is 1. The molecule has 2 aliphatic rings. The summed E-state index contributed by atoms with van der Waals surface area (Å²) in [5.74, 6) is 3.72. The third-order valence-corrected chi connectivity index (χ3v) is 5.69. The molecule has 8 nitrogen and oxygen atoms in total. The van der Waals surface area contributed by atoms with Crippen molar-refractivity contribution in [1.82, 2.24) is 30.4 Å². The Bertz CT molecular complexity index is 833. The van der Waals surface area contributed by atoms with Crippen molar-refractivity contribution in [3.05, 3.63) is 35.0 Å². The normalized spacial score (nSPS) is 20.0. The molecule has 0 bridgehead atoms. The van der Waals surface area contributed by atoms with E-state index in [2.05, 4.69) is 40.3 Å². The van der Waals surface area contributed by atoms with Crippen LogP contribution < -0.4 is 15.5 Å². The van der Waals surface area contributed by atoms with Gasteiger partial charge in [0.05, 0.1) is 11.6 Å². The number of aromatic nitrogens is 4. The van der Waals surface area contributed by atoms with Gasteiger partial charge in [-0.25, -0.2) is 4.98 Å². The summed E-state index contributed by atoms with van der Waals surface area (Å²) in [5.41, 5.74) is 0. The second kappa shape index (κ2) is 8.77. The molecule has 0 saturated carbocycles. The number of guanidine groups is 1. The van der Waals surface area contributed by atoms with Crippen molar-refractivity contribution in [3.8, 4) is 0 Å². The van der Waals surface area contributed by atoms with Gasteiger partial charge in [-0.2, -0.15) is 0 Å². The van der Waals surface area contributed by atoms with E-state index >= 15 is 0 Å². The van der Waals surface area contributed by atoms with Crippen molar-refractivity contribution >= 4 is 23.4 Å². The average molecular weight is 403 g/mol. The highest BCUT2D eigenvalue weighted by molar-refractivity contribution is 6.32. The number of halogens is 1. The van der Waals surface area contributed by atoms with E-state index in [9.17, 15) is 0 Å². The molecule has 4 rings (SSSR count). The van der Waals surface area contributed by atoms with Crippen molar-refractivity contribution in [2.75, 3.05) is 25.0 Å². The summed E-state index contributed by atoms with van der Waals surface area (Å²) in [5, 5.41) is 16.3. The molecule has 0 spiro atoms. The maximum absolute atomic E-state index is 6.29. The molecule has 28 heavy (non-hydrogen) atoms. The van der Waals surface area contributed by atoms with Crippen LogP contribution in [0.15, 0.2) is 23.3 Å². The van der Waals surface area contributed by atoms with Crippen LogP contribution in [-0.2, 0) is 19.5 Å². The average Bonchev–Trinajstić information content (AvgIpc) is 3.25. The molecule has 0 aromatic carbocycles. The van der Waals surface area contributed by atoms with Crippen molar-refractivity contribution in [2.45, 2.75) is 51.2 Å². The van der Waals surface area contributed by atoms with Gasteiger partial charge in [-0.1, -0.05) is 18.0 Å². The Morgan fingerprint density at radius 3 is 3.07 bits per heavy atom. The monoisotopic (exact) mass is 402 g/mol. The molecule has 2 N–H and O–H groups in total. The highest BCUT2D eigenvalue weighted by Gasteiger charge is 2.25. The van der Waals surface area contributed by atoms with Crippen LogP contribution in [0.1, 0.15) is 37.3 Å². The summed E-state index contributed by atoms with van der Waals surface area (Å²) in [6, 6.07) is 4.03. The van der Waals surface area contributed by atoms with Crippen LogP contribution in [0.4, 0.5) is 5.82 Å². The fraction of sp³-hybridized carbons (Fsp3) is 0.579. The number of aryl methyl sites for hydroxylation is 1. The van der Waals surface area contributed by atoms with E-state index < -0.39 is 0 Å². The van der Waals surface area contributed by atoms with E-state index in [1.165, 1.54) is 19.3 Å². The molecule has 9 heteroatoms. The molecule has 150 valence electrons. The van der Waals surface area contributed by atoms with Crippen LogP contribution in [0.3, 0.4) is 0 Å². The van der Waals surface area contributed by atoms with Crippen LogP contribution >= 0.6 is 11.6 Å². The van der Waals surface area contributed by atoms with Gasteiger partial charge >= 0.3 is 0 Å². The molecule has 1 atom stereocenters. The van der Waals surface area contributed by atoms with Crippen molar-refractivity contribution in [2.24, 2.45) is 4.99 Å². The Morgan fingerprint density at radius 1 is 1.29 bits per heavy atom. The van der Waals surface area contributed by atoms with E-state index in [-0.39, 0.29) is 0 Å². The number of nitrogens with one attached hydrogen (secondary N) is 2. The standard InChI is InChI=1S/C19H27ClN8/c1-21-19(23-12-17-26-25-16-7-3-2-4-10-28(16)17)24-14-8-11-27(13-14)18-15(20)6-5-9-22-18/h5-6,9,14H,2-4,7-8,10-13H2,1H3,(H2,21,23,24). The van der Waals surface area contributed by atoms with Crippen LogP contribution in [0.2, 0.25) is 5.02 Å². The van der Waals surface area contributed by atoms with Crippen molar-refractivity contribution in [1.29, 1.82) is 0 Å². The van der Waals surface area contributed by atoms with Crippen LogP contribution in [0.25, 0.3) is 0 Å². The second-order valence-corrected chi connectivity index (χ2v) is 7.71. The van der Waals surface area contributed by atoms with Crippen molar-refractivity contribution < 1.29 is 0 Å². The zero-order valence-corrected chi connectivity index (χ0v) is 17.0. The van der Waals surface area contributed by atoms with E-state index in [1.807, 2.05) is 12.1 Å². The minimum atomic E-state index is 0.291. The molecule has 1 fully saturated rings. The Kier molecular flexibility index (Phi) is 5.95. The largest absolute Gasteiger partial charge is 0.353 e. The Balaban J connectivity index is 1.32. The maximum Gasteiger partial charge on any atom is 0.191 e. The van der Waals surface area contributed by atoms with E-state index in [0.29, 0.717) is 17.6 Å². The molecular weight excluding hydrogens is 376 g/mol. The first kappa shape index (κ1) is 19.0. The lowest BCUT2D eigenvalue weighted by molar-refractivity contribution is 0.591. The summed E-state index contributed by atoms with van der Waals surface area (Å²) in [6.45, 7) is 3.39. The topological polar surface area (TPSA) is 83.3 Å². The van der Waals surface area contributed by atoms with Crippen LogP contribution in [0.5, 0.6) is 0 Å². The first-order chi connectivity index (χ1) is 13.7. The summed E-state index contributed by atoms with van der Waals surface area (Å²) in [6.07, 6.45) is 7.47. The molecule has 2 aromatic rings. The highest BCUT2D eigenvalue weighted by Crippen LogP contribution is 2.25. The number of aliphatic imine (C=N–C) groups is 1. The van der Waals surface area contributed by atoms with Gasteiger partial charge in [0, 0.05) is 45.3 Å². The van der Waals surface area contributed by atoms with Gasteiger partial charge in [-0.15, -0.1) is 10.2 Å². The summed E-state index contributed by atoms with van der Waals surface area (Å²) < 4.78 is 2.26. The number of rotatable bonds is 4. The molecule has 4 heterocycles. The summed E-state index contributed by atoms with van der Waals surface area (Å²) in [7, 11) is 1.79. The number of anilines is 1. The Morgan fingerprint density at radius 2 is 2.21 bits per heavy atom. The molecule has 1 unspecified atom stereocenters. The van der Waals surface area contributed by atoms with Crippen LogP contribution in [-0.4, -0.2) is 51.9 Å². The molecule has 0 aliphatic carbocycles. The molecule has 0 amide bonds. The predicted octanol–water partition coefficient (Wildman–Crippen LogP) is 2.00. The van der Waals surface area contributed by atoms with Gasteiger partial charge in [0.15, 0.2) is 11.8 Å². The third-order valence-electron chi connectivity index (χ3n) is 5.39. The zero-order valence-electron chi connectivity index (χ0n) is 16.2. The van der Waals surface area contributed by atoms with Gasteiger partial charge in [-0.05, 0) is 31.4 Å². The number of fused-ring (bicyclic) bond motifs is 1. The lowest BCUT2D eigenvalue weighted by atomic mass is 10.2. The maximum atomic E-state index is 6.29. The lowest BCUT2D eigenvalue weighted by Crippen LogP contribution is -2.44. The molecule has 0 radical (unpaired) electrons. The van der Waals surface area contributed by atoms with Gasteiger partial charge in [-0.3, -0.25) is 4.99 Å². The summed E-state index contributed by atoms with van der Waals surface area (Å²) in [4.78, 5) is 11.0. The minimum absolute atomic E-state index is 0.291. The Hall–Kier alpha value is -2.35. The lowest BCUT2D eigenvalue weighted by Gasteiger charge is -2.20. The van der Waals surface area contributed by atoms with E-state index in [1.54, 1.807) is 13.2 Å². The molecule has 2 aromatic heterocycles. The number of hydrogen-bond donors (Lipinski definition) is 2. The third kappa shape index (κ3) is 4.22. The fourth-order valence-corrected chi connectivity index (χ4v) is 4.15. The van der Waals surface area contributed by atoms with Gasteiger partial charge in [0.1, 0.15) is 11.6 Å². The first-order valence-corrected chi connectivity index (χ1v) is 10.4.